The minimum absolute atomic E-state index is 0.415. The van der Waals surface area contributed by atoms with E-state index in [0.717, 1.165) is 0 Å². The lowest BCUT2D eigenvalue weighted by atomic mass is 10.1. The van der Waals surface area contributed by atoms with Crippen molar-refractivity contribution in [2.75, 3.05) is 6.61 Å². The van der Waals surface area contributed by atoms with Crippen LogP contribution in [0.1, 0.15) is 0 Å². The fourth-order valence-electron chi connectivity index (χ4n) is 1.21. The van der Waals surface area contributed by atoms with Crippen LogP contribution in [0.15, 0.2) is 0 Å². The third-order valence-corrected chi connectivity index (χ3v) is 1.92. The standard InChI is InChI=1S/C6H13NO5/c7-6(11)5-4(10)3(9)2(1-8)12-5/h2-6,8-11H,1,7H2/t2-,3-,4+,5-,6?/m1/s1. The molecule has 1 unspecified atom stereocenters. The molecule has 6 nitrogen and oxygen atoms in total. The van der Waals surface area contributed by atoms with Crippen molar-refractivity contribution in [1.29, 1.82) is 0 Å². The van der Waals surface area contributed by atoms with Gasteiger partial charge in [-0.05, 0) is 0 Å². The molecule has 0 spiro atoms. The van der Waals surface area contributed by atoms with Crippen LogP contribution in [-0.4, -0.2) is 57.7 Å². The Bertz CT molecular complexity index is 153. The zero-order chi connectivity index (χ0) is 9.30. The van der Waals surface area contributed by atoms with Gasteiger partial charge in [0.05, 0.1) is 6.61 Å². The predicted octanol–water partition coefficient (Wildman–Crippen LogP) is -3.25. The van der Waals surface area contributed by atoms with E-state index < -0.39 is 37.3 Å². The van der Waals surface area contributed by atoms with E-state index in [4.69, 9.17) is 20.7 Å². The molecule has 0 aliphatic carbocycles. The third kappa shape index (κ3) is 1.58. The number of nitrogens with two attached hydrogens (primary N) is 1. The van der Waals surface area contributed by atoms with E-state index in [9.17, 15) is 10.2 Å². The van der Waals surface area contributed by atoms with Crippen molar-refractivity contribution in [2.24, 2.45) is 5.73 Å². The Morgan fingerprint density at radius 2 is 1.92 bits per heavy atom. The van der Waals surface area contributed by atoms with Crippen molar-refractivity contribution >= 4 is 0 Å². The summed E-state index contributed by atoms with van der Waals surface area (Å²) in [6, 6.07) is 0. The van der Waals surface area contributed by atoms with Crippen LogP contribution in [0.25, 0.3) is 0 Å². The Kier molecular flexibility index (Phi) is 2.99. The maximum absolute atomic E-state index is 9.20. The number of aliphatic hydroxyl groups is 4. The van der Waals surface area contributed by atoms with Gasteiger partial charge in [0.25, 0.3) is 0 Å². The Morgan fingerprint density at radius 3 is 2.17 bits per heavy atom. The molecule has 1 aliphatic heterocycles. The molecule has 0 aromatic rings. The number of ether oxygens (including phenoxy) is 1. The SMILES string of the molecule is NC(O)[C@@H]1O[C@H](CO)[C@@H](O)[C@@H]1O. The molecule has 1 aliphatic rings. The van der Waals surface area contributed by atoms with Crippen LogP contribution in [0.5, 0.6) is 0 Å². The second-order valence-corrected chi connectivity index (χ2v) is 2.79. The molecular formula is C6H13NO5. The van der Waals surface area contributed by atoms with Crippen molar-refractivity contribution in [3.63, 3.8) is 0 Å². The lowest BCUT2D eigenvalue weighted by Crippen LogP contribution is -2.43. The van der Waals surface area contributed by atoms with Crippen LogP contribution in [0, 0.1) is 0 Å². The van der Waals surface area contributed by atoms with Crippen molar-refractivity contribution in [1.82, 2.24) is 0 Å². The van der Waals surface area contributed by atoms with Gasteiger partial charge in [0, 0.05) is 0 Å². The first-order valence-electron chi connectivity index (χ1n) is 3.64. The van der Waals surface area contributed by atoms with Crippen molar-refractivity contribution in [3.8, 4) is 0 Å². The van der Waals surface area contributed by atoms with Crippen LogP contribution in [-0.2, 0) is 4.74 Å². The summed E-state index contributed by atoms with van der Waals surface area (Å²) >= 11 is 0. The Morgan fingerprint density at radius 1 is 1.33 bits per heavy atom. The molecule has 6 heteroatoms. The van der Waals surface area contributed by atoms with Gasteiger partial charge in [-0.1, -0.05) is 0 Å². The van der Waals surface area contributed by atoms with Gasteiger partial charge < -0.3 is 30.9 Å². The lowest BCUT2D eigenvalue weighted by molar-refractivity contribution is -0.0722. The molecule has 5 atom stereocenters. The molecule has 0 aromatic carbocycles. The van der Waals surface area contributed by atoms with E-state index in [1.54, 1.807) is 0 Å². The molecule has 0 aromatic heterocycles. The number of rotatable bonds is 2. The van der Waals surface area contributed by atoms with Gasteiger partial charge in [0.15, 0.2) is 0 Å². The summed E-state index contributed by atoms with van der Waals surface area (Å²) in [7, 11) is 0. The quantitative estimate of drug-likeness (QED) is 0.284. The average Bonchev–Trinajstić information content (AvgIpc) is 2.30. The average molecular weight is 179 g/mol. The largest absolute Gasteiger partial charge is 0.394 e. The molecule has 1 fully saturated rings. The second-order valence-electron chi connectivity index (χ2n) is 2.79. The fourth-order valence-corrected chi connectivity index (χ4v) is 1.21. The fraction of sp³-hybridized carbons (Fsp3) is 1.00. The molecule has 12 heavy (non-hydrogen) atoms. The number of hydrogen-bond acceptors (Lipinski definition) is 6. The van der Waals surface area contributed by atoms with Gasteiger partial charge in [-0.3, -0.25) is 0 Å². The first-order valence-corrected chi connectivity index (χ1v) is 3.64. The molecule has 1 heterocycles. The van der Waals surface area contributed by atoms with Gasteiger partial charge in [-0.2, -0.15) is 0 Å². The summed E-state index contributed by atoms with van der Waals surface area (Å²) in [6.07, 6.45) is -5.70. The Balaban J connectivity index is 2.60. The van der Waals surface area contributed by atoms with Gasteiger partial charge in [-0.15, -0.1) is 0 Å². The molecule has 0 saturated carbocycles. The van der Waals surface area contributed by atoms with Crippen LogP contribution < -0.4 is 5.73 Å². The molecule has 0 amide bonds. The highest BCUT2D eigenvalue weighted by Gasteiger charge is 2.44. The second kappa shape index (κ2) is 3.65. The summed E-state index contributed by atoms with van der Waals surface area (Å²) in [5.41, 5.74) is 5.05. The van der Waals surface area contributed by atoms with Crippen LogP contribution >= 0.6 is 0 Å². The van der Waals surface area contributed by atoms with Crippen LogP contribution in [0.4, 0.5) is 0 Å². The molecule has 0 radical (unpaired) electrons. The minimum Gasteiger partial charge on any atom is -0.394 e. The van der Waals surface area contributed by atoms with Gasteiger partial charge in [0.2, 0.25) is 0 Å². The summed E-state index contributed by atoms with van der Waals surface area (Å²) in [4.78, 5) is 0. The highest BCUT2D eigenvalue weighted by atomic mass is 16.6. The van der Waals surface area contributed by atoms with E-state index in [-0.39, 0.29) is 0 Å². The molecule has 1 saturated heterocycles. The number of hydrogen-bond donors (Lipinski definition) is 5. The molecular weight excluding hydrogens is 166 g/mol. The van der Waals surface area contributed by atoms with Crippen molar-refractivity contribution in [3.05, 3.63) is 0 Å². The van der Waals surface area contributed by atoms with Crippen molar-refractivity contribution < 1.29 is 25.2 Å². The van der Waals surface area contributed by atoms with Crippen molar-refractivity contribution in [2.45, 2.75) is 30.6 Å². The van der Waals surface area contributed by atoms with E-state index >= 15 is 0 Å². The molecule has 72 valence electrons. The lowest BCUT2D eigenvalue weighted by Gasteiger charge is -2.16. The molecule has 0 bridgehead atoms. The van der Waals surface area contributed by atoms with E-state index in [2.05, 4.69) is 0 Å². The zero-order valence-corrected chi connectivity index (χ0v) is 6.37. The normalized spacial score (nSPS) is 44.8. The predicted molar refractivity (Wildman–Crippen MR) is 38.0 cm³/mol. The van der Waals surface area contributed by atoms with Crippen LogP contribution in [0.3, 0.4) is 0 Å². The van der Waals surface area contributed by atoms with E-state index in [1.165, 1.54) is 0 Å². The highest BCUT2D eigenvalue weighted by Crippen LogP contribution is 2.21. The number of aliphatic hydroxyl groups excluding tert-OH is 4. The summed E-state index contributed by atoms with van der Waals surface area (Å²) in [5, 5.41) is 35.9. The first kappa shape index (κ1) is 9.85. The topological polar surface area (TPSA) is 116 Å². The maximum atomic E-state index is 9.20. The first-order chi connectivity index (χ1) is 5.57. The Labute approximate surface area is 69.2 Å². The van der Waals surface area contributed by atoms with Gasteiger partial charge in [0.1, 0.15) is 30.6 Å². The maximum Gasteiger partial charge on any atom is 0.131 e. The smallest absolute Gasteiger partial charge is 0.131 e. The van der Waals surface area contributed by atoms with E-state index in [1.807, 2.05) is 0 Å². The molecule has 6 N–H and O–H groups in total. The Hall–Kier alpha value is -0.240. The monoisotopic (exact) mass is 179 g/mol. The summed E-state index contributed by atoms with van der Waals surface area (Å²) in [5.74, 6) is 0. The molecule has 1 rings (SSSR count). The zero-order valence-electron chi connectivity index (χ0n) is 6.37. The van der Waals surface area contributed by atoms with Gasteiger partial charge >= 0.3 is 0 Å². The summed E-state index contributed by atoms with van der Waals surface area (Å²) < 4.78 is 4.87. The minimum atomic E-state index is -1.36. The third-order valence-electron chi connectivity index (χ3n) is 1.92. The van der Waals surface area contributed by atoms with Gasteiger partial charge in [-0.25, -0.2) is 0 Å². The highest BCUT2D eigenvalue weighted by molar-refractivity contribution is 4.92. The van der Waals surface area contributed by atoms with Crippen LogP contribution in [0.2, 0.25) is 0 Å². The van der Waals surface area contributed by atoms with E-state index in [0.29, 0.717) is 0 Å². The summed E-state index contributed by atoms with van der Waals surface area (Å²) in [6.45, 7) is -0.415.